The molecule has 1 atom stereocenters. The van der Waals surface area contributed by atoms with E-state index in [0.29, 0.717) is 23.6 Å². The third kappa shape index (κ3) is 4.09. The van der Waals surface area contributed by atoms with Gasteiger partial charge in [0.1, 0.15) is 5.84 Å². The maximum atomic E-state index is 13.4. The van der Waals surface area contributed by atoms with E-state index in [9.17, 15) is 13.2 Å². The molecule has 2 aliphatic rings. The minimum Gasteiger partial charge on any atom is -0.369 e. The van der Waals surface area contributed by atoms with Crippen molar-refractivity contribution >= 4 is 11.8 Å². The molecule has 0 aliphatic carbocycles. The Morgan fingerprint density at radius 3 is 2.37 bits per heavy atom. The zero-order valence-electron chi connectivity index (χ0n) is 19.5. The first-order valence-electron chi connectivity index (χ1n) is 11.9. The minimum absolute atomic E-state index is 0.408. The SMILES string of the molecule is CCCc1ccc(C2(c3cccc(-c4cccc(C(F)(F)F)c4)c3)N=C(N)N3CCCN=C32)cc1. The molecular formula is C28H27F3N4. The van der Waals surface area contributed by atoms with Crippen molar-refractivity contribution in [3.63, 3.8) is 0 Å². The van der Waals surface area contributed by atoms with Gasteiger partial charge in [-0.1, -0.05) is 67.9 Å². The predicted molar refractivity (Wildman–Crippen MR) is 133 cm³/mol. The smallest absolute Gasteiger partial charge is 0.369 e. The van der Waals surface area contributed by atoms with Gasteiger partial charge in [-0.15, -0.1) is 0 Å². The molecule has 2 aliphatic heterocycles. The van der Waals surface area contributed by atoms with Crippen molar-refractivity contribution in [1.29, 1.82) is 0 Å². The van der Waals surface area contributed by atoms with Crippen LogP contribution >= 0.6 is 0 Å². The number of guanidine groups is 1. The summed E-state index contributed by atoms with van der Waals surface area (Å²) in [5, 5.41) is 0. The summed E-state index contributed by atoms with van der Waals surface area (Å²) in [5.41, 5.74) is 8.95. The van der Waals surface area contributed by atoms with Crippen LogP contribution < -0.4 is 5.73 Å². The molecule has 2 heterocycles. The van der Waals surface area contributed by atoms with Crippen LogP contribution in [0.3, 0.4) is 0 Å². The van der Waals surface area contributed by atoms with Crippen LogP contribution in [0.1, 0.15) is 42.0 Å². The van der Waals surface area contributed by atoms with E-state index in [4.69, 9.17) is 15.7 Å². The second-order valence-electron chi connectivity index (χ2n) is 9.00. The number of amidine groups is 1. The molecular weight excluding hydrogens is 449 g/mol. The van der Waals surface area contributed by atoms with Gasteiger partial charge in [0.05, 0.1) is 5.56 Å². The van der Waals surface area contributed by atoms with Gasteiger partial charge in [0.2, 0.25) is 0 Å². The van der Waals surface area contributed by atoms with Crippen LogP contribution in [0.2, 0.25) is 0 Å². The van der Waals surface area contributed by atoms with Gasteiger partial charge in [-0.05, 0) is 58.9 Å². The number of aryl methyl sites for hydroxylation is 1. The van der Waals surface area contributed by atoms with Gasteiger partial charge in [-0.3, -0.25) is 9.89 Å². The molecule has 0 radical (unpaired) electrons. The lowest BCUT2D eigenvalue weighted by atomic mass is 9.80. The topological polar surface area (TPSA) is 54.0 Å². The molecule has 180 valence electrons. The van der Waals surface area contributed by atoms with E-state index < -0.39 is 17.3 Å². The van der Waals surface area contributed by atoms with Crippen molar-refractivity contribution in [2.75, 3.05) is 13.1 Å². The third-order valence-electron chi connectivity index (χ3n) is 6.65. The van der Waals surface area contributed by atoms with Crippen LogP contribution in [0, 0.1) is 0 Å². The van der Waals surface area contributed by atoms with Crippen molar-refractivity contribution in [2.45, 2.75) is 37.9 Å². The summed E-state index contributed by atoms with van der Waals surface area (Å²) in [4.78, 5) is 11.8. The van der Waals surface area contributed by atoms with Gasteiger partial charge in [-0.25, -0.2) is 4.99 Å². The normalized spacial score (nSPS) is 19.8. The van der Waals surface area contributed by atoms with Crippen LogP contribution in [0.15, 0.2) is 82.8 Å². The molecule has 0 amide bonds. The Bertz CT molecular complexity index is 1290. The standard InChI is InChI=1S/C28H27F3N4/c1-2-6-19-11-13-22(14-12-19)27(25-33-15-5-16-35(25)26(32)34-27)23-9-3-7-20(17-23)21-8-4-10-24(18-21)28(29,30)31/h3-4,7-14,17-18H,2,5-6,15-16H2,1H3,(H2,32,34). The average Bonchev–Trinajstić information content (AvgIpc) is 3.18. The van der Waals surface area contributed by atoms with Crippen LogP contribution in [0.4, 0.5) is 13.2 Å². The summed E-state index contributed by atoms with van der Waals surface area (Å²) in [6, 6.07) is 21.3. The van der Waals surface area contributed by atoms with Crippen LogP contribution in [-0.2, 0) is 18.1 Å². The fraction of sp³-hybridized carbons (Fsp3) is 0.286. The van der Waals surface area contributed by atoms with E-state index in [-0.39, 0.29) is 0 Å². The van der Waals surface area contributed by atoms with Gasteiger partial charge >= 0.3 is 6.18 Å². The minimum atomic E-state index is -4.41. The maximum Gasteiger partial charge on any atom is 0.416 e. The number of benzene rings is 3. The molecule has 1 unspecified atom stereocenters. The summed E-state index contributed by atoms with van der Waals surface area (Å²) in [5.74, 6) is 1.18. The Morgan fingerprint density at radius 1 is 0.943 bits per heavy atom. The lowest BCUT2D eigenvalue weighted by Crippen LogP contribution is -2.46. The molecule has 35 heavy (non-hydrogen) atoms. The number of nitrogens with two attached hydrogens (primary N) is 1. The number of fused-ring (bicyclic) bond motifs is 1. The highest BCUT2D eigenvalue weighted by molar-refractivity contribution is 6.12. The monoisotopic (exact) mass is 476 g/mol. The van der Waals surface area contributed by atoms with E-state index in [1.165, 1.54) is 17.7 Å². The molecule has 0 bridgehead atoms. The second kappa shape index (κ2) is 8.87. The van der Waals surface area contributed by atoms with Crippen molar-refractivity contribution in [3.8, 4) is 11.1 Å². The van der Waals surface area contributed by atoms with Crippen molar-refractivity contribution in [2.24, 2.45) is 15.7 Å². The number of aliphatic imine (C=N–C) groups is 2. The van der Waals surface area contributed by atoms with Gasteiger partial charge in [0, 0.05) is 13.1 Å². The van der Waals surface area contributed by atoms with E-state index >= 15 is 0 Å². The predicted octanol–water partition coefficient (Wildman–Crippen LogP) is 6.00. The summed E-state index contributed by atoms with van der Waals surface area (Å²) in [7, 11) is 0. The molecule has 0 spiro atoms. The van der Waals surface area contributed by atoms with Crippen LogP contribution in [-0.4, -0.2) is 29.8 Å². The Hall–Kier alpha value is -3.61. The molecule has 7 heteroatoms. The summed E-state index contributed by atoms with van der Waals surface area (Å²) in [6.07, 6.45) is -1.49. The maximum absolute atomic E-state index is 13.4. The Morgan fingerprint density at radius 2 is 1.66 bits per heavy atom. The van der Waals surface area contributed by atoms with Gasteiger partial charge in [0.25, 0.3) is 0 Å². The highest BCUT2D eigenvalue weighted by atomic mass is 19.4. The van der Waals surface area contributed by atoms with E-state index in [1.807, 2.05) is 29.2 Å². The lowest BCUT2D eigenvalue weighted by molar-refractivity contribution is -0.137. The number of rotatable bonds is 5. The first-order valence-corrected chi connectivity index (χ1v) is 11.9. The zero-order valence-corrected chi connectivity index (χ0v) is 19.5. The summed E-state index contributed by atoms with van der Waals surface area (Å²) >= 11 is 0. The Labute approximate surface area is 203 Å². The van der Waals surface area contributed by atoms with Crippen LogP contribution in [0.25, 0.3) is 11.1 Å². The molecule has 3 aromatic carbocycles. The lowest BCUT2D eigenvalue weighted by Gasteiger charge is -2.33. The molecule has 3 aromatic rings. The number of halogens is 3. The van der Waals surface area contributed by atoms with E-state index in [0.717, 1.165) is 48.8 Å². The first-order chi connectivity index (χ1) is 16.8. The van der Waals surface area contributed by atoms with Gasteiger partial charge < -0.3 is 5.73 Å². The summed E-state index contributed by atoms with van der Waals surface area (Å²) in [6.45, 7) is 3.56. The highest BCUT2D eigenvalue weighted by Crippen LogP contribution is 2.43. The fourth-order valence-electron chi connectivity index (χ4n) is 4.97. The number of alkyl halides is 3. The van der Waals surface area contributed by atoms with Gasteiger partial charge in [0.15, 0.2) is 11.5 Å². The number of nitrogens with zero attached hydrogens (tertiary/aromatic N) is 3. The van der Waals surface area contributed by atoms with E-state index in [1.54, 1.807) is 6.07 Å². The van der Waals surface area contributed by atoms with Crippen molar-refractivity contribution in [1.82, 2.24) is 4.90 Å². The summed E-state index contributed by atoms with van der Waals surface area (Å²) < 4.78 is 40.1. The molecule has 5 rings (SSSR count). The first kappa shape index (κ1) is 23.1. The van der Waals surface area contributed by atoms with Crippen LogP contribution in [0.5, 0.6) is 0 Å². The highest BCUT2D eigenvalue weighted by Gasteiger charge is 2.49. The molecule has 4 nitrogen and oxygen atoms in total. The second-order valence-corrected chi connectivity index (χ2v) is 9.00. The molecule has 0 saturated heterocycles. The van der Waals surface area contributed by atoms with Crippen molar-refractivity contribution < 1.29 is 13.2 Å². The largest absolute Gasteiger partial charge is 0.416 e. The fourth-order valence-corrected chi connectivity index (χ4v) is 4.97. The molecule has 2 N–H and O–H groups in total. The van der Waals surface area contributed by atoms with Crippen molar-refractivity contribution in [3.05, 3.63) is 95.1 Å². The Balaban J connectivity index is 1.67. The quantitative estimate of drug-likeness (QED) is 0.491. The van der Waals surface area contributed by atoms with E-state index in [2.05, 4.69) is 31.2 Å². The zero-order chi connectivity index (χ0) is 24.6. The number of hydrogen-bond donors (Lipinski definition) is 1. The molecule has 0 fully saturated rings. The third-order valence-corrected chi connectivity index (χ3v) is 6.65. The molecule has 0 aromatic heterocycles. The van der Waals surface area contributed by atoms with Gasteiger partial charge in [-0.2, -0.15) is 13.2 Å². The average molecular weight is 477 g/mol. The Kier molecular flexibility index (Phi) is 5.87. The number of hydrogen-bond acceptors (Lipinski definition) is 4. The molecule has 0 saturated carbocycles.